The summed E-state index contributed by atoms with van der Waals surface area (Å²) in [6.07, 6.45) is 2.37. The molecule has 1 fully saturated rings. The van der Waals surface area contributed by atoms with E-state index < -0.39 is 0 Å². The molecule has 0 aliphatic carbocycles. The predicted octanol–water partition coefficient (Wildman–Crippen LogP) is -0.623. The molecule has 0 aromatic rings. The number of nitrogens with one attached hydrogen (secondary N) is 2. The molecule has 1 atom stereocenters. The van der Waals surface area contributed by atoms with E-state index in [9.17, 15) is 0 Å². The van der Waals surface area contributed by atoms with E-state index in [0.29, 0.717) is 12.9 Å². The van der Waals surface area contributed by atoms with Crippen molar-refractivity contribution < 1.29 is 4.74 Å². The summed E-state index contributed by atoms with van der Waals surface area (Å²) in [7, 11) is 0. The fraction of sp³-hybridized carbons (Fsp3) is 0.600. The Bertz CT molecular complexity index is 132. The molecule has 0 amide bonds. The van der Waals surface area contributed by atoms with E-state index in [2.05, 4.69) is 16.7 Å². The molecule has 0 bridgehead atoms. The molecule has 3 nitrogen and oxygen atoms in total. The standard InChI is InChI=1S/C5H8N2O/c1-2-6-5-4(1)8-3-7-5/h1,5-7H,2-3H2. The van der Waals surface area contributed by atoms with Gasteiger partial charge in [0.25, 0.3) is 0 Å². The quantitative estimate of drug-likeness (QED) is 0.438. The Balaban J connectivity index is 2.20. The first-order chi connectivity index (χ1) is 3.97. The molecule has 0 aromatic heterocycles. The monoisotopic (exact) mass is 112 g/mol. The van der Waals surface area contributed by atoms with Crippen molar-refractivity contribution in [3.05, 3.63) is 11.8 Å². The third kappa shape index (κ3) is 0.454. The smallest absolute Gasteiger partial charge is 0.140 e. The number of rotatable bonds is 0. The van der Waals surface area contributed by atoms with Gasteiger partial charge in [-0.1, -0.05) is 0 Å². The number of fused-ring (bicyclic) bond motifs is 1. The van der Waals surface area contributed by atoms with Gasteiger partial charge in [0.15, 0.2) is 0 Å². The maximum atomic E-state index is 5.16. The number of hydrogen-bond donors (Lipinski definition) is 2. The fourth-order valence-corrected chi connectivity index (χ4v) is 1.02. The molecule has 2 aliphatic heterocycles. The maximum Gasteiger partial charge on any atom is 0.140 e. The molecular weight excluding hydrogens is 104 g/mol. The zero-order valence-electron chi connectivity index (χ0n) is 4.48. The Kier molecular flexibility index (Phi) is 0.797. The summed E-state index contributed by atoms with van der Waals surface area (Å²) in [6.45, 7) is 1.59. The van der Waals surface area contributed by atoms with Gasteiger partial charge in [0, 0.05) is 6.54 Å². The summed E-state index contributed by atoms with van der Waals surface area (Å²) in [5, 5.41) is 6.31. The average Bonchev–Trinajstić information content (AvgIpc) is 2.15. The van der Waals surface area contributed by atoms with Crippen LogP contribution in [0, 0.1) is 0 Å². The molecule has 1 unspecified atom stereocenters. The molecule has 2 N–H and O–H groups in total. The van der Waals surface area contributed by atoms with E-state index in [4.69, 9.17) is 4.74 Å². The van der Waals surface area contributed by atoms with Gasteiger partial charge in [-0.2, -0.15) is 0 Å². The molecule has 2 heterocycles. The summed E-state index contributed by atoms with van der Waals surface area (Å²) in [5.41, 5.74) is 0. The van der Waals surface area contributed by atoms with E-state index in [0.717, 1.165) is 12.3 Å². The zero-order chi connectivity index (χ0) is 5.40. The highest BCUT2D eigenvalue weighted by Gasteiger charge is 2.24. The molecule has 8 heavy (non-hydrogen) atoms. The summed E-state index contributed by atoms with van der Waals surface area (Å²) >= 11 is 0. The van der Waals surface area contributed by atoms with Crippen molar-refractivity contribution in [3.63, 3.8) is 0 Å². The van der Waals surface area contributed by atoms with E-state index in [1.165, 1.54) is 0 Å². The minimum absolute atomic E-state index is 0.315. The molecular formula is C5H8N2O. The lowest BCUT2D eigenvalue weighted by Crippen LogP contribution is -2.34. The van der Waals surface area contributed by atoms with E-state index >= 15 is 0 Å². The van der Waals surface area contributed by atoms with Gasteiger partial charge in [-0.15, -0.1) is 0 Å². The van der Waals surface area contributed by atoms with Gasteiger partial charge in [-0.05, 0) is 6.08 Å². The first kappa shape index (κ1) is 4.35. The highest BCUT2D eigenvalue weighted by Crippen LogP contribution is 2.11. The summed E-state index contributed by atoms with van der Waals surface area (Å²) < 4.78 is 5.16. The second-order valence-corrected chi connectivity index (χ2v) is 1.94. The Labute approximate surface area is 47.7 Å². The Morgan fingerprint density at radius 3 is 3.50 bits per heavy atom. The van der Waals surface area contributed by atoms with Crippen LogP contribution in [0.5, 0.6) is 0 Å². The summed E-state index contributed by atoms with van der Waals surface area (Å²) in [4.78, 5) is 0. The topological polar surface area (TPSA) is 33.3 Å². The summed E-state index contributed by atoms with van der Waals surface area (Å²) in [5.74, 6) is 1.06. The summed E-state index contributed by atoms with van der Waals surface area (Å²) in [6, 6.07) is 0. The van der Waals surface area contributed by atoms with Crippen LogP contribution in [-0.2, 0) is 4.74 Å². The second kappa shape index (κ2) is 1.47. The minimum Gasteiger partial charge on any atom is -0.480 e. The largest absolute Gasteiger partial charge is 0.480 e. The van der Waals surface area contributed by atoms with Crippen LogP contribution in [-0.4, -0.2) is 19.4 Å². The normalized spacial score (nSPS) is 34.0. The van der Waals surface area contributed by atoms with Crippen molar-refractivity contribution in [2.24, 2.45) is 0 Å². The van der Waals surface area contributed by atoms with Crippen LogP contribution in [0.4, 0.5) is 0 Å². The van der Waals surface area contributed by atoms with E-state index in [1.807, 2.05) is 0 Å². The van der Waals surface area contributed by atoms with Crippen LogP contribution >= 0.6 is 0 Å². The lowest BCUT2D eigenvalue weighted by molar-refractivity contribution is 0.254. The van der Waals surface area contributed by atoms with Gasteiger partial charge in [0.1, 0.15) is 18.7 Å². The molecule has 2 rings (SSSR count). The van der Waals surface area contributed by atoms with Crippen molar-refractivity contribution in [2.45, 2.75) is 6.17 Å². The lowest BCUT2D eigenvalue weighted by Gasteiger charge is -1.99. The minimum atomic E-state index is 0.315. The van der Waals surface area contributed by atoms with Crippen LogP contribution in [0.1, 0.15) is 0 Å². The van der Waals surface area contributed by atoms with Crippen molar-refractivity contribution in [1.29, 1.82) is 0 Å². The zero-order valence-corrected chi connectivity index (χ0v) is 4.48. The molecule has 3 heteroatoms. The third-order valence-electron chi connectivity index (χ3n) is 1.44. The molecule has 2 aliphatic rings. The van der Waals surface area contributed by atoms with Crippen LogP contribution in [0.2, 0.25) is 0 Å². The molecule has 1 saturated heterocycles. The second-order valence-electron chi connectivity index (χ2n) is 1.94. The van der Waals surface area contributed by atoms with Gasteiger partial charge in [0.2, 0.25) is 0 Å². The molecule has 0 saturated carbocycles. The van der Waals surface area contributed by atoms with Gasteiger partial charge in [-0.25, -0.2) is 0 Å². The first-order valence-electron chi connectivity index (χ1n) is 2.76. The van der Waals surface area contributed by atoms with Gasteiger partial charge in [0.05, 0.1) is 0 Å². The van der Waals surface area contributed by atoms with Gasteiger partial charge < -0.3 is 4.74 Å². The molecule has 44 valence electrons. The third-order valence-corrected chi connectivity index (χ3v) is 1.44. The maximum absolute atomic E-state index is 5.16. The Morgan fingerprint density at radius 2 is 2.62 bits per heavy atom. The van der Waals surface area contributed by atoms with Crippen LogP contribution in [0.25, 0.3) is 0 Å². The first-order valence-corrected chi connectivity index (χ1v) is 2.76. The number of ether oxygens (including phenoxy) is 1. The predicted molar refractivity (Wildman–Crippen MR) is 29.0 cm³/mol. The van der Waals surface area contributed by atoms with E-state index in [-0.39, 0.29) is 0 Å². The molecule has 0 aromatic carbocycles. The van der Waals surface area contributed by atoms with Gasteiger partial charge in [-0.3, -0.25) is 10.6 Å². The molecule has 0 radical (unpaired) electrons. The average molecular weight is 112 g/mol. The lowest BCUT2D eigenvalue weighted by atomic mass is 10.5. The van der Waals surface area contributed by atoms with Crippen molar-refractivity contribution in [3.8, 4) is 0 Å². The fourth-order valence-electron chi connectivity index (χ4n) is 1.02. The van der Waals surface area contributed by atoms with Crippen molar-refractivity contribution >= 4 is 0 Å². The van der Waals surface area contributed by atoms with Crippen molar-refractivity contribution in [1.82, 2.24) is 10.6 Å². The Morgan fingerprint density at radius 1 is 1.62 bits per heavy atom. The highest BCUT2D eigenvalue weighted by molar-refractivity contribution is 5.11. The Hall–Kier alpha value is -0.540. The van der Waals surface area contributed by atoms with Crippen LogP contribution in [0.15, 0.2) is 11.8 Å². The van der Waals surface area contributed by atoms with Gasteiger partial charge >= 0.3 is 0 Å². The SMILES string of the molecule is C1=C2OCNC2NC1. The number of hydrogen-bond acceptors (Lipinski definition) is 3. The highest BCUT2D eigenvalue weighted by atomic mass is 16.5. The van der Waals surface area contributed by atoms with E-state index in [1.54, 1.807) is 0 Å². The van der Waals surface area contributed by atoms with Crippen LogP contribution < -0.4 is 10.6 Å². The molecule has 0 spiro atoms. The van der Waals surface area contributed by atoms with Crippen molar-refractivity contribution in [2.75, 3.05) is 13.3 Å². The van der Waals surface area contributed by atoms with Crippen LogP contribution in [0.3, 0.4) is 0 Å².